The van der Waals surface area contributed by atoms with Gasteiger partial charge in [0.25, 0.3) is 0 Å². The summed E-state index contributed by atoms with van der Waals surface area (Å²) >= 11 is 5.99. The molecule has 1 unspecified atom stereocenters. The summed E-state index contributed by atoms with van der Waals surface area (Å²) < 4.78 is 3.91. The largest absolute Gasteiger partial charge is 0.305 e. The lowest BCUT2D eigenvalue weighted by Gasteiger charge is -2.10. The Kier molecular flexibility index (Phi) is 4.18. The van der Waals surface area contributed by atoms with Crippen LogP contribution in [0.4, 0.5) is 0 Å². The van der Waals surface area contributed by atoms with Gasteiger partial charge in [0, 0.05) is 37.2 Å². The number of hydrogen-bond donors (Lipinski definition) is 1. The third-order valence-corrected chi connectivity index (χ3v) is 3.88. The van der Waals surface area contributed by atoms with E-state index in [0.717, 1.165) is 17.0 Å². The number of rotatable bonds is 5. The Morgan fingerprint density at radius 2 is 2.00 bits per heavy atom. The van der Waals surface area contributed by atoms with E-state index in [2.05, 4.69) is 42.2 Å². The summed E-state index contributed by atoms with van der Waals surface area (Å²) in [7, 11) is 0. The summed E-state index contributed by atoms with van der Waals surface area (Å²) in [4.78, 5) is 4.57. The Balaban J connectivity index is 1.67. The van der Waals surface area contributed by atoms with Gasteiger partial charge in [0.15, 0.2) is 0 Å². The second-order valence-electron chi connectivity index (χ2n) is 5.76. The fourth-order valence-electron chi connectivity index (χ4n) is 2.34. The van der Waals surface area contributed by atoms with E-state index in [-0.39, 0.29) is 6.04 Å². The molecule has 22 heavy (non-hydrogen) atoms. The maximum absolute atomic E-state index is 5.99. The molecule has 0 amide bonds. The maximum atomic E-state index is 5.99. The first-order chi connectivity index (χ1) is 10.5. The van der Waals surface area contributed by atoms with Gasteiger partial charge in [-0.2, -0.15) is 5.10 Å². The summed E-state index contributed by atoms with van der Waals surface area (Å²) in [6.07, 6.45) is 5.87. The first-order valence-corrected chi connectivity index (χ1v) is 7.82. The molecule has 6 heteroatoms. The predicted molar refractivity (Wildman–Crippen MR) is 88.1 cm³/mol. The van der Waals surface area contributed by atoms with Gasteiger partial charge in [0.05, 0.1) is 16.4 Å². The lowest BCUT2D eigenvalue weighted by atomic mass is 10.2. The number of nitrogens with zero attached hydrogens (tertiary/aromatic N) is 4. The van der Waals surface area contributed by atoms with Crippen molar-refractivity contribution >= 4 is 17.2 Å². The molecule has 3 heterocycles. The Bertz CT molecular complexity index is 774. The van der Waals surface area contributed by atoms with Crippen molar-refractivity contribution in [2.75, 3.05) is 0 Å². The monoisotopic (exact) mass is 317 g/mol. The van der Waals surface area contributed by atoms with Crippen LogP contribution >= 0.6 is 11.6 Å². The number of nitrogens with one attached hydrogen (secondary N) is 1. The van der Waals surface area contributed by atoms with Crippen LogP contribution in [0.5, 0.6) is 0 Å². The normalized spacial score (nSPS) is 13.1. The van der Waals surface area contributed by atoms with Crippen LogP contribution in [-0.2, 0) is 6.54 Å². The van der Waals surface area contributed by atoms with Crippen molar-refractivity contribution in [2.45, 2.75) is 39.4 Å². The van der Waals surface area contributed by atoms with Gasteiger partial charge in [-0.3, -0.25) is 4.68 Å². The van der Waals surface area contributed by atoms with Gasteiger partial charge in [-0.1, -0.05) is 11.6 Å². The molecular formula is C16H20ClN5. The molecule has 1 N–H and O–H groups in total. The Morgan fingerprint density at radius 1 is 1.18 bits per heavy atom. The molecule has 0 bridgehead atoms. The van der Waals surface area contributed by atoms with E-state index < -0.39 is 0 Å². The van der Waals surface area contributed by atoms with E-state index in [9.17, 15) is 0 Å². The standard InChI is InChI=1S/C16H20ClN5/c1-11(2)22-7-6-15(20-22)12(3)18-8-14-10-21-9-13(17)4-5-16(21)19-14/h4-7,9-12,18H,8H2,1-3H3. The summed E-state index contributed by atoms with van der Waals surface area (Å²) in [6.45, 7) is 7.04. The third kappa shape index (κ3) is 3.15. The number of aromatic nitrogens is 4. The fourth-order valence-corrected chi connectivity index (χ4v) is 2.50. The van der Waals surface area contributed by atoms with Crippen LogP contribution < -0.4 is 5.32 Å². The number of pyridine rings is 1. The Hall–Kier alpha value is -1.85. The molecular weight excluding hydrogens is 298 g/mol. The minimum absolute atomic E-state index is 0.174. The molecule has 0 saturated heterocycles. The van der Waals surface area contributed by atoms with Crippen LogP contribution in [0.3, 0.4) is 0 Å². The van der Waals surface area contributed by atoms with Crippen molar-refractivity contribution in [3.05, 3.63) is 53.2 Å². The summed E-state index contributed by atoms with van der Waals surface area (Å²) in [6, 6.07) is 6.38. The zero-order valence-electron chi connectivity index (χ0n) is 13.0. The average Bonchev–Trinajstić information content (AvgIpc) is 3.10. The molecule has 0 aromatic carbocycles. The molecule has 116 valence electrons. The van der Waals surface area contributed by atoms with Gasteiger partial charge >= 0.3 is 0 Å². The second-order valence-corrected chi connectivity index (χ2v) is 6.20. The highest BCUT2D eigenvalue weighted by molar-refractivity contribution is 6.30. The SMILES string of the molecule is CC(NCc1cn2cc(Cl)ccc2n1)c1ccn(C(C)C)n1. The molecule has 0 aliphatic carbocycles. The van der Waals surface area contributed by atoms with E-state index in [0.29, 0.717) is 17.6 Å². The average molecular weight is 318 g/mol. The van der Waals surface area contributed by atoms with Crippen LogP contribution in [0.25, 0.3) is 5.65 Å². The quantitative estimate of drug-likeness (QED) is 0.782. The maximum Gasteiger partial charge on any atom is 0.137 e. The van der Waals surface area contributed by atoms with E-state index in [1.807, 2.05) is 39.8 Å². The minimum Gasteiger partial charge on any atom is -0.305 e. The van der Waals surface area contributed by atoms with Crippen LogP contribution in [0.2, 0.25) is 5.02 Å². The van der Waals surface area contributed by atoms with Crippen LogP contribution in [0.1, 0.15) is 44.2 Å². The third-order valence-electron chi connectivity index (χ3n) is 3.66. The van der Waals surface area contributed by atoms with Gasteiger partial charge in [-0.25, -0.2) is 4.98 Å². The van der Waals surface area contributed by atoms with Crippen LogP contribution in [0, 0.1) is 0 Å². The lowest BCUT2D eigenvalue weighted by molar-refractivity contribution is 0.500. The number of imidazole rings is 1. The number of halogens is 1. The van der Waals surface area contributed by atoms with Gasteiger partial charge in [-0.05, 0) is 39.0 Å². The molecule has 0 fully saturated rings. The first kappa shape index (κ1) is 15.1. The van der Waals surface area contributed by atoms with Crippen molar-refractivity contribution in [2.24, 2.45) is 0 Å². The molecule has 0 spiro atoms. The topological polar surface area (TPSA) is 47.1 Å². The Morgan fingerprint density at radius 3 is 2.73 bits per heavy atom. The second kappa shape index (κ2) is 6.10. The zero-order valence-corrected chi connectivity index (χ0v) is 13.7. The summed E-state index contributed by atoms with van der Waals surface area (Å²) in [5, 5.41) is 8.75. The number of hydrogen-bond acceptors (Lipinski definition) is 3. The van der Waals surface area contributed by atoms with Crippen molar-refractivity contribution in [3.63, 3.8) is 0 Å². The van der Waals surface area contributed by atoms with E-state index in [1.165, 1.54) is 0 Å². The minimum atomic E-state index is 0.174. The van der Waals surface area contributed by atoms with E-state index in [1.54, 1.807) is 0 Å². The van der Waals surface area contributed by atoms with Crippen molar-refractivity contribution in [1.82, 2.24) is 24.5 Å². The first-order valence-electron chi connectivity index (χ1n) is 7.44. The summed E-state index contributed by atoms with van der Waals surface area (Å²) in [5.74, 6) is 0. The fraction of sp³-hybridized carbons (Fsp3) is 0.375. The predicted octanol–water partition coefficient (Wildman–Crippen LogP) is 3.62. The van der Waals surface area contributed by atoms with Crippen molar-refractivity contribution < 1.29 is 0 Å². The van der Waals surface area contributed by atoms with Crippen LogP contribution in [0.15, 0.2) is 36.8 Å². The van der Waals surface area contributed by atoms with Crippen molar-refractivity contribution in [1.29, 1.82) is 0 Å². The molecule has 5 nitrogen and oxygen atoms in total. The van der Waals surface area contributed by atoms with Gasteiger partial charge in [0.2, 0.25) is 0 Å². The van der Waals surface area contributed by atoms with Crippen LogP contribution in [-0.4, -0.2) is 19.2 Å². The Labute approximate surface area is 134 Å². The highest BCUT2D eigenvalue weighted by atomic mass is 35.5. The summed E-state index contributed by atoms with van der Waals surface area (Å²) in [5.41, 5.74) is 2.93. The molecule has 3 rings (SSSR count). The number of fused-ring (bicyclic) bond motifs is 1. The van der Waals surface area contributed by atoms with Gasteiger partial charge < -0.3 is 9.72 Å². The molecule has 0 aliphatic heterocycles. The van der Waals surface area contributed by atoms with E-state index >= 15 is 0 Å². The molecule has 3 aromatic rings. The van der Waals surface area contributed by atoms with Crippen molar-refractivity contribution in [3.8, 4) is 0 Å². The molecule has 3 aromatic heterocycles. The molecule has 0 aliphatic rings. The molecule has 0 radical (unpaired) electrons. The van der Waals surface area contributed by atoms with E-state index in [4.69, 9.17) is 11.6 Å². The lowest BCUT2D eigenvalue weighted by Crippen LogP contribution is -2.19. The van der Waals surface area contributed by atoms with Gasteiger partial charge in [0.1, 0.15) is 5.65 Å². The highest BCUT2D eigenvalue weighted by Gasteiger charge is 2.10. The molecule has 1 atom stereocenters. The smallest absolute Gasteiger partial charge is 0.137 e. The highest BCUT2D eigenvalue weighted by Crippen LogP contribution is 2.14. The zero-order chi connectivity index (χ0) is 15.7. The molecule has 0 saturated carbocycles. The van der Waals surface area contributed by atoms with Gasteiger partial charge in [-0.15, -0.1) is 0 Å².